The number of sulfonamides is 1. The molecule has 1 amide bonds. The first-order valence-corrected chi connectivity index (χ1v) is 10.5. The van der Waals surface area contributed by atoms with Crippen LogP contribution >= 0.6 is 11.8 Å². The van der Waals surface area contributed by atoms with Crippen molar-refractivity contribution in [1.29, 1.82) is 0 Å². The maximum atomic E-state index is 12.5. The number of anilines is 1. The van der Waals surface area contributed by atoms with Gasteiger partial charge >= 0.3 is 0 Å². The molecular formula is C18H18N4O3S2. The van der Waals surface area contributed by atoms with E-state index in [9.17, 15) is 13.2 Å². The van der Waals surface area contributed by atoms with Gasteiger partial charge in [0.25, 0.3) is 0 Å². The number of rotatable bonds is 5. The van der Waals surface area contributed by atoms with Gasteiger partial charge in [-0.05, 0) is 38.1 Å². The van der Waals surface area contributed by atoms with Crippen molar-refractivity contribution in [2.24, 2.45) is 5.14 Å². The lowest BCUT2D eigenvalue weighted by Crippen LogP contribution is -2.23. The van der Waals surface area contributed by atoms with Gasteiger partial charge in [0.05, 0.1) is 15.7 Å². The second kappa shape index (κ2) is 7.63. The van der Waals surface area contributed by atoms with Crippen molar-refractivity contribution in [3.05, 3.63) is 54.4 Å². The topological polar surface area (TPSA) is 115 Å². The largest absolute Gasteiger partial charge is 0.325 e. The number of primary sulfonamides is 1. The van der Waals surface area contributed by atoms with E-state index in [1.807, 2.05) is 24.3 Å². The van der Waals surface area contributed by atoms with Gasteiger partial charge in [0.2, 0.25) is 15.9 Å². The number of thioether (sulfide) groups is 1. The van der Waals surface area contributed by atoms with Crippen molar-refractivity contribution in [2.45, 2.75) is 29.0 Å². The molecule has 1 heterocycles. The van der Waals surface area contributed by atoms with E-state index in [1.54, 1.807) is 19.9 Å². The first-order chi connectivity index (χ1) is 12.7. The van der Waals surface area contributed by atoms with Crippen LogP contribution in [0.15, 0.2) is 58.5 Å². The maximum Gasteiger partial charge on any atom is 0.238 e. The summed E-state index contributed by atoms with van der Waals surface area (Å²) in [6.45, 7) is 3.57. The molecule has 0 saturated heterocycles. The van der Waals surface area contributed by atoms with Crippen LogP contribution in [0.2, 0.25) is 0 Å². The number of aryl methyl sites for hydroxylation is 1. The standard InChI is InChI=1S/C18H18N4O3S2/c1-11(17(23)22-13-6-5-7-14(10-13)27(19,24)25)26-18-15-8-3-4-9-16(15)20-12(2)21-18/h3-11H,1-2H3,(H,22,23)(H2,19,24,25)/t11-/m0/s1. The van der Waals surface area contributed by atoms with Crippen molar-refractivity contribution >= 4 is 44.3 Å². The lowest BCUT2D eigenvalue weighted by atomic mass is 10.2. The van der Waals surface area contributed by atoms with Crippen molar-refractivity contribution in [2.75, 3.05) is 5.32 Å². The Balaban J connectivity index is 1.79. The molecule has 0 aliphatic heterocycles. The molecule has 27 heavy (non-hydrogen) atoms. The first-order valence-electron chi connectivity index (χ1n) is 8.08. The Morgan fingerprint density at radius 3 is 2.63 bits per heavy atom. The van der Waals surface area contributed by atoms with E-state index in [4.69, 9.17) is 5.14 Å². The van der Waals surface area contributed by atoms with Gasteiger partial charge in [0, 0.05) is 11.1 Å². The summed E-state index contributed by atoms with van der Waals surface area (Å²) in [6.07, 6.45) is 0. The predicted molar refractivity (Wildman–Crippen MR) is 106 cm³/mol. The van der Waals surface area contributed by atoms with Crippen LogP contribution in [0.1, 0.15) is 12.7 Å². The van der Waals surface area contributed by atoms with Crippen molar-refractivity contribution in [3.8, 4) is 0 Å². The highest BCUT2D eigenvalue weighted by Gasteiger charge is 2.18. The van der Waals surface area contributed by atoms with Crippen LogP contribution in [0, 0.1) is 6.92 Å². The number of benzene rings is 2. The molecule has 3 rings (SSSR count). The average molecular weight is 403 g/mol. The molecule has 0 bridgehead atoms. The molecule has 7 nitrogen and oxygen atoms in total. The molecule has 2 aromatic carbocycles. The Bertz CT molecular complexity index is 1120. The van der Waals surface area contributed by atoms with Gasteiger partial charge in [-0.2, -0.15) is 0 Å². The zero-order valence-electron chi connectivity index (χ0n) is 14.7. The smallest absolute Gasteiger partial charge is 0.238 e. The first kappa shape index (κ1) is 19.3. The maximum absolute atomic E-state index is 12.5. The second-order valence-electron chi connectivity index (χ2n) is 5.92. The van der Waals surface area contributed by atoms with Gasteiger partial charge in [-0.3, -0.25) is 4.79 Å². The highest BCUT2D eigenvalue weighted by molar-refractivity contribution is 8.00. The van der Waals surface area contributed by atoms with Gasteiger partial charge in [-0.15, -0.1) is 0 Å². The Labute approximate surface area is 161 Å². The van der Waals surface area contributed by atoms with Gasteiger partial charge in [0.1, 0.15) is 10.9 Å². The van der Waals surface area contributed by atoms with Crippen LogP contribution in [0.3, 0.4) is 0 Å². The third kappa shape index (κ3) is 4.62. The summed E-state index contributed by atoms with van der Waals surface area (Å²) >= 11 is 1.32. The lowest BCUT2D eigenvalue weighted by molar-refractivity contribution is -0.115. The van der Waals surface area contributed by atoms with Crippen LogP contribution in [0.4, 0.5) is 5.69 Å². The number of nitrogens with zero attached hydrogens (tertiary/aromatic N) is 2. The van der Waals surface area contributed by atoms with Crippen molar-refractivity contribution in [3.63, 3.8) is 0 Å². The van der Waals surface area contributed by atoms with Gasteiger partial charge < -0.3 is 5.32 Å². The number of fused-ring (bicyclic) bond motifs is 1. The molecule has 0 aliphatic carbocycles. The number of carbonyl (C=O) groups excluding carboxylic acids is 1. The van der Waals surface area contributed by atoms with E-state index in [0.29, 0.717) is 11.5 Å². The van der Waals surface area contributed by atoms with Crippen LogP contribution in [0.5, 0.6) is 0 Å². The molecule has 0 radical (unpaired) electrons. The summed E-state index contributed by atoms with van der Waals surface area (Å²) < 4.78 is 22.9. The summed E-state index contributed by atoms with van der Waals surface area (Å²) in [6, 6.07) is 13.4. The monoisotopic (exact) mass is 402 g/mol. The molecular weight excluding hydrogens is 384 g/mol. The quantitative estimate of drug-likeness (QED) is 0.501. The summed E-state index contributed by atoms with van der Waals surface area (Å²) in [4.78, 5) is 21.3. The minimum Gasteiger partial charge on any atom is -0.325 e. The molecule has 3 N–H and O–H groups in total. The number of hydrogen-bond donors (Lipinski definition) is 2. The van der Waals surface area contributed by atoms with Crippen molar-refractivity contribution in [1.82, 2.24) is 9.97 Å². The highest BCUT2D eigenvalue weighted by atomic mass is 32.2. The molecule has 0 aliphatic rings. The fourth-order valence-electron chi connectivity index (χ4n) is 2.46. The third-order valence-corrected chi connectivity index (χ3v) is 5.78. The molecule has 1 aromatic heterocycles. The summed E-state index contributed by atoms with van der Waals surface area (Å²) in [5, 5.41) is 8.98. The number of carbonyl (C=O) groups is 1. The Hall–Kier alpha value is -2.49. The molecule has 0 saturated carbocycles. The predicted octanol–water partition coefficient (Wildman–Crippen LogP) is 2.70. The number of amides is 1. The molecule has 1 atom stereocenters. The Kier molecular flexibility index (Phi) is 5.45. The minimum atomic E-state index is -3.83. The van der Waals surface area contributed by atoms with E-state index in [2.05, 4.69) is 15.3 Å². The molecule has 3 aromatic rings. The van der Waals surface area contributed by atoms with Gasteiger partial charge in [0.15, 0.2) is 0 Å². The van der Waals surface area contributed by atoms with E-state index < -0.39 is 15.3 Å². The fourth-order valence-corrected chi connectivity index (χ4v) is 4.01. The van der Waals surface area contributed by atoms with Crippen LogP contribution < -0.4 is 10.5 Å². The molecule has 0 fully saturated rings. The zero-order valence-corrected chi connectivity index (χ0v) is 16.3. The van der Waals surface area contributed by atoms with Crippen LogP contribution in [-0.4, -0.2) is 29.5 Å². The molecule has 0 unspecified atom stereocenters. The Morgan fingerprint density at radius 2 is 1.89 bits per heavy atom. The summed E-state index contributed by atoms with van der Waals surface area (Å²) in [5.41, 5.74) is 1.18. The van der Waals surface area contributed by atoms with E-state index in [-0.39, 0.29) is 10.8 Å². The summed E-state index contributed by atoms with van der Waals surface area (Å²) in [7, 11) is -3.83. The van der Waals surface area contributed by atoms with E-state index in [0.717, 1.165) is 15.9 Å². The fraction of sp³-hybridized carbons (Fsp3) is 0.167. The molecule has 9 heteroatoms. The SMILES string of the molecule is Cc1nc(S[C@@H](C)C(=O)Nc2cccc(S(N)(=O)=O)c2)c2ccccc2n1. The number of aromatic nitrogens is 2. The zero-order chi connectivity index (χ0) is 19.6. The molecule has 140 valence electrons. The van der Waals surface area contributed by atoms with Crippen LogP contribution in [0.25, 0.3) is 10.9 Å². The second-order valence-corrected chi connectivity index (χ2v) is 8.81. The van der Waals surface area contributed by atoms with E-state index >= 15 is 0 Å². The number of hydrogen-bond acceptors (Lipinski definition) is 6. The van der Waals surface area contributed by atoms with E-state index in [1.165, 1.54) is 30.0 Å². The lowest BCUT2D eigenvalue weighted by Gasteiger charge is -2.13. The normalized spacial score (nSPS) is 12.7. The Morgan fingerprint density at radius 1 is 1.15 bits per heavy atom. The summed E-state index contributed by atoms with van der Waals surface area (Å²) in [5.74, 6) is 0.358. The average Bonchev–Trinajstić information content (AvgIpc) is 2.61. The number of para-hydroxylation sites is 1. The minimum absolute atomic E-state index is 0.0574. The van der Waals surface area contributed by atoms with Crippen LogP contribution in [-0.2, 0) is 14.8 Å². The molecule has 0 spiro atoms. The van der Waals surface area contributed by atoms with Gasteiger partial charge in [-0.25, -0.2) is 23.5 Å². The highest BCUT2D eigenvalue weighted by Crippen LogP contribution is 2.29. The van der Waals surface area contributed by atoms with Gasteiger partial charge in [-0.1, -0.05) is 36.0 Å². The third-order valence-electron chi connectivity index (χ3n) is 3.77. The van der Waals surface area contributed by atoms with Crippen molar-refractivity contribution < 1.29 is 13.2 Å². The number of nitrogens with two attached hydrogens (primary N) is 1. The number of nitrogens with one attached hydrogen (secondary N) is 1.